The van der Waals surface area contributed by atoms with E-state index in [4.69, 9.17) is 4.74 Å². The van der Waals surface area contributed by atoms with Gasteiger partial charge in [0.2, 0.25) is 0 Å². The van der Waals surface area contributed by atoms with Crippen molar-refractivity contribution in [2.24, 2.45) is 12.0 Å². The molecule has 0 spiro atoms. The highest BCUT2D eigenvalue weighted by Crippen LogP contribution is 2.12. The number of methoxy groups -OCH3 is 1. The second kappa shape index (κ2) is 13.1. The molecule has 0 aliphatic heterocycles. The number of halogens is 1. The zero-order valence-corrected chi connectivity index (χ0v) is 19.3. The van der Waals surface area contributed by atoms with Gasteiger partial charge >= 0.3 is 0 Å². The van der Waals surface area contributed by atoms with Crippen LogP contribution < -0.4 is 15.4 Å². The van der Waals surface area contributed by atoms with Crippen molar-refractivity contribution in [3.63, 3.8) is 0 Å². The van der Waals surface area contributed by atoms with Gasteiger partial charge in [-0.2, -0.15) is 0 Å². The summed E-state index contributed by atoms with van der Waals surface area (Å²) in [6, 6.07) is 8.25. The molecule has 1 heterocycles. The van der Waals surface area contributed by atoms with Crippen molar-refractivity contribution in [1.82, 2.24) is 25.4 Å². The first-order chi connectivity index (χ1) is 13.1. The molecule has 0 amide bonds. The summed E-state index contributed by atoms with van der Waals surface area (Å²) < 4.78 is 7.14. The highest BCUT2D eigenvalue weighted by Gasteiger charge is 2.05. The van der Waals surface area contributed by atoms with E-state index in [0.717, 1.165) is 49.2 Å². The molecule has 7 nitrogen and oxygen atoms in total. The Morgan fingerprint density at radius 1 is 1.21 bits per heavy atom. The van der Waals surface area contributed by atoms with Crippen molar-refractivity contribution in [2.45, 2.75) is 32.7 Å². The predicted octanol–water partition coefficient (Wildman–Crippen LogP) is 2.99. The summed E-state index contributed by atoms with van der Waals surface area (Å²) in [4.78, 5) is 4.59. The third-order valence-corrected chi connectivity index (χ3v) is 4.32. The lowest BCUT2D eigenvalue weighted by Crippen LogP contribution is -2.38. The van der Waals surface area contributed by atoms with Crippen LogP contribution in [0.25, 0.3) is 0 Å². The number of nitrogens with one attached hydrogen (secondary N) is 2. The van der Waals surface area contributed by atoms with Crippen LogP contribution in [0.5, 0.6) is 5.75 Å². The first-order valence-electron chi connectivity index (χ1n) is 9.25. The van der Waals surface area contributed by atoms with Crippen molar-refractivity contribution in [2.75, 3.05) is 20.2 Å². The number of hydrogen-bond donors (Lipinski definition) is 2. The summed E-state index contributed by atoms with van der Waals surface area (Å²) in [7, 11) is 3.63. The molecular formula is C20H31IN6O. The fourth-order valence-electron chi connectivity index (χ4n) is 2.53. The Labute approximate surface area is 184 Å². The minimum absolute atomic E-state index is 0. The van der Waals surface area contributed by atoms with Gasteiger partial charge in [0, 0.05) is 20.1 Å². The molecule has 2 rings (SSSR count). The Kier molecular flexibility index (Phi) is 11.2. The van der Waals surface area contributed by atoms with Gasteiger partial charge in [-0.15, -0.1) is 40.8 Å². The highest BCUT2D eigenvalue weighted by molar-refractivity contribution is 14.0. The SMILES string of the molecule is C=CCNC(=NCc1nnc(C)n1C)NCCCCc1ccc(OC)cc1.I. The normalized spacial score (nSPS) is 10.9. The summed E-state index contributed by atoms with van der Waals surface area (Å²) in [6.07, 6.45) is 5.03. The molecule has 1 aromatic carbocycles. The first-order valence-corrected chi connectivity index (χ1v) is 9.25. The molecule has 0 unspecified atom stereocenters. The quantitative estimate of drug-likeness (QED) is 0.173. The van der Waals surface area contributed by atoms with Crippen LogP contribution in [0.4, 0.5) is 0 Å². The van der Waals surface area contributed by atoms with Crippen LogP contribution in [-0.2, 0) is 20.0 Å². The number of unbranched alkanes of at least 4 members (excludes halogenated alkanes) is 1. The topological polar surface area (TPSA) is 76.4 Å². The Morgan fingerprint density at radius 2 is 1.96 bits per heavy atom. The van der Waals surface area contributed by atoms with E-state index in [1.165, 1.54) is 5.56 Å². The molecule has 0 aliphatic carbocycles. The highest BCUT2D eigenvalue weighted by atomic mass is 127. The zero-order valence-electron chi connectivity index (χ0n) is 16.9. The maximum Gasteiger partial charge on any atom is 0.191 e. The molecule has 0 radical (unpaired) electrons. The van der Waals surface area contributed by atoms with Gasteiger partial charge in [-0.25, -0.2) is 4.99 Å². The Morgan fingerprint density at radius 3 is 2.57 bits per heavy atom. The molecule has 2 N–H and O–H groups in total. The van der Waals surface area contributed by atoms with Crippen LogP contribution in [0.15, 0.2) is 41.9 Å². The molecule has 2 aromatic rings. The largest absolute Gasteiger partial charge is 0.497 e. The minimum Gasteiger partial charge on any atom is -0.497 e. The summed E-state index contributed by atoms with van der Waals surface area (Å²) in [5.41, 5.74) is 1.33. The Bertz CT molecular complexity index is 742. The van der Waals surface area contributed by atoms with Crippen LogP contribution in [0.2, 0.25) is 0 Å². The van der Waals surface area contributed by atoms with Crippen LogP contribution in [0, 0.1) is 6.92 Å². The molecule has 0 bridgehead atoms. The summed E-state index contributed by atoms with van der Waals surface area (Å²) in [5, 5.41) is 14.8. The molecule has 1 aromatic heterocycles. The van der Waals surface area contributed by atoms with E-state index in [9.17, 15) is 0 Å². The molecule has 0 saturated heterocycles. The number of hydrogen-bond acceptors (Lipinski definition) is 4. The molecule has 28 heavy (non-hydrogen) atoms. The molecule has 0 atom stereocenters. The maximum absolute atomic E-state index is 5.19. The number of aryl methyl sites for hydroxylation is 2. The Hall–Kier alpha value is -2.10. The lowest BCUT2D eigenvalue weighted by molar-refractivity contribution is 0.414. The minimum atomic E-state index is 0. The van der Waals surface area contributed by atoms with Gasteiger partial charge in [0.15, 0.2) is 11.8 Å². The van der Waals surface area contributed by atoms with E-state index in [0.29, 0.717) is 13.1 Å². The van der Waals surface area contributed by atoms with Crippen molar-refractivity contribution >= 4 is 29.9 Å². The lowest BCUT2D eigenvalue weighted by Gasteiger charge is -2.11. The average Bonchev–Trinajstić information content (AvgIpc) is 3.01. The first kappa shape index (κ1) is 23.9. The van der Waals surface area contributed by atoms with Gasteiger partial charge in [-0.05, 0) is 43.9 Å². The molecule has 0 aliphatic rings. The van der Waals surface area contributed by atoms with Crippen molar-refractivity contribution in [3.8, 4) is 5.75 Å². The van der Waals surface area contributed by atoms with Gasteiger partial charge in [0.25, 0.3) is 0 Å². The number of benzene rings is 1. The zero-order chi connectivity index (χ0) is 19.5. The Balaban J connectivity index is 0.00000392. The van der Waals surface area contributed by atoms with E-state index in [1.54, 1.807) is 7.11 Å². The monoisotopic (exact) mass is 498 g/mol. The van der Waals surface area contributed by atoms with E-state index in [-0.39, 0.29) is 24.0 Å². The van der Waals surface area contributed by atoms with Crippen LogP contribution in [0.1, 0.15) is 30.1 Å². The standard InChI is InChI=1S/C20H30N6O.HI/c1-5-13-21-20(23-15-19-25-24-16(2)26(19)3)22-14-7-6-8-17-9-11-18(27-4)12-10-17;/h5,9-12H,1,6-8,13-15H2,2-4H3,(H2,21,22,23);1H. The average molecular weight is 498 g/mol. The van der Waals surface area contributed by atoms with Crippen LogP contribution in [0.3, 0.4) is 0 Å². The predicted molar refractivity (Wildman–Crippen MR) is 124 cm³/mol. The van der Waals surface area contributed by atoms with Gasteiger partial charge < -0.3 is 19.9 Å². The fraction of sp³-hybridized carbons (Fsp3) is 0.450. The molecule has 154 valence electrons. The summed E-state index contributed by atoms with van der Waals surface area (Å²) in [5.74, 6) is 3.38. The van der Waals surface area contributed by atoms with Crippen molar-refractivity contribution < 1.29 is 4.74 Å². The second-order valence-corrected chi connectivity index (χ2v) is 6.29. The molecule has 0 saturated carbocycles. The van der Waals surface area contributed by atoms with Gasteiger partial charge in [-0.3, -0.25) is 0 Å². The van der Waals surface area contributed by atoms with Crippen LogP contribution in [-0.4, -0.2) is 40.9 Å². The van der Waals surface area contributed by atoms with Gasteiger partial charge in [-0.1, -0.05) is 18.2 Å². The van der Waals surface area contributed by atoms with Crippen LogP contribution >= 0.6 is 24.0 Å². The second-order valence-electron chi connectivity index (χ2n) is 6.29. The number of aliphatic imine (C=N–C) groups is 1. The van der Waals surface area contributed by atoms with E-state index in [1.807, 2.05) is 36.7 Å². The van der Waals surface area contributed by atoms with Crippen molar-refractivity contribution in [1.29, 1.82) is 0 Å². The lowest BCUT2D eigenvalue weighted by atomic mass is 10.1. The molecular weight excluding hydrogens is 467 g/mol. The smallest absolute Gasteiger partial charge is 0.191 e. The third kappa shape index (κ3) is 7.87. The summed E-state index contributed by atoms with van der Waals surface area (Å²) >= 11 is 0. The maximum atomic E-state index is 5.19. The third-order valence-electron chi connectivity index (χ3n) is 4.32. The number of rotatable bonds is 10. The van der Waals surface area contributed by atoms with Gasteiger partial charge in [0.05, 0.1) is 7.11 Å². The number of nitrogens with zero attached hydrogens (tertiary/aromatic N) is 4. The van der Waals surface area contributed by atoms with E-state index >= 15 is 0 Å². The fourth-order valence-corrected chi connectivity index (χ4v) is 2.53. The van der Waals surface area contributed by atoms with E-state index in [2.05, 4.69) is 44.5 Å². The number of guanidine groups is 1. The number of aromatic nitrogens is 3. The van der Waals surface area contributed by atoms with E-state index < -0.39 is 0 Å². The van der Waals surface area contributed by atoms with Gasteiger partial charge in [0.1, 0.15) is 18.1 Å². The number of ether oxygens (including phenoxy) is 1. The molecule has 8 heteroatoms. The summed E-state index contributed by atoms with van der Waals surface area (Å²) in [6.45, 7) is 7.67. The molecule has 0 fully saturated rings. The van der Waals surface area contributed by atoms with Crippen molar-refractivity contribution in [3.05, 3.63) is 54.1 Å².